The zero-order valence-electron chi connectivity index (χ0n) is 12.0. The van der Waals surface area contributed by atoms with Crippen LogP contribution in [0.2, 0.25) is 0 Å². The molecule has 0 unspecified atom stereocenters. The van der Waals surface area contributed by atoms with Crippen molar-refractivity contribution < 1.29 is 19.4 Å². The maximum absolute atomic E-state index is 12.0. The Morgan fingerprint density at radius 2 is 1.83 bits per heavy atom. The molecule has 24 heavy (non-hydrogen) atoms. The fourth-order valence-electron chi connectivity index (χ4n) is 1.92. The van der Waals surface area contributed by atoms with Crippen molar-refractivity contribution >= 4 is 51.5 Å². The molecule has 2 rings (SSSR count). The Morgan fingerprint density at radius 1 is 1.25 bits per heavy atom. The van der Waals surface area contributed by atoms with Crippen LogP contribution in [0.5, 0.6) is 0 Å². The molecule has 1 aromatic rings. The molecule has 1 fully saturated rings. The van der Waals surface area contributed by atoms with Crippen molar-refractivity contribution in [1.82, 2.24) is 10.2 Å². The van der Waals surface area contributed by atoms with Gasteiger partial charge in [0.25, 0.3) is 17.3 Å². The number of nitrogens with one attached hydrogen (secondary N) is 1. The van der Waals surface area contributed by atoms with Gasteiger partial charge in [-0.15, -0.1) is 0 Å². The molecule has 1 aliphatic rings. The first kappa shape index (κ1) is 17.7. The third kappa shape index (κ3) is 4.02. The second-order valence-corrected chi connectivity index (χ2v) is 6.22. The quantitative estimate of drug-likeness (QED) is 0.446. The second-order valence-electron chi connectivity index (χ2n) is 4.61. The first-order valence-electron chi connectivity index (χ1n) is 6.49. The van der Waals surface area contributed by atoms with Crippen LogP contribution in [0, 0.1) is 20.2 Å². The van der Waals surface area contributed by atoms with Crippen LogP contribution < -0.4 is 5.32 Å². The monoisotopic (exact) mass is 370 g/mol. The van der Waals surface area contributed by atoms with E-state index in [-0.39, 0.29) is 30.3 Å². The molecule has 0 radical (unpaired) electrons. The molecule has 1 aliphatic heterocycles. The largest absolute Gasteiger partial charge is 0.350 e. The minimum Gasteiger partial charge on any atom is -0.350 e. The first-order valence-corrected chi connectivity index (χ1v) is 7.88. The van der Waals surface area contributed by atoms with E-state index in [0.29, 0.717) is 4.32 Å². The van der Waals surface area contributed by atoms with Crippen molar-refractivity contribution in [3.8, 4) is 0 Å². The Hall–Kier alpha value is -2.60. The number of nitro benzene ring substituents is 2. The normalized spacial score (nSPS) is 13.9. The van der Waals surface area contributed by atoms with Crippen molar-refractivity contribution in [3.05, 3.63) is 44.0 Å². The fourth-order valence-corrected chi connectivity index (χ4v) is 3.04. The zero-order chi connectivity index (χ0) is 17.9. The van der Waals surface area contributed by atoms with Gasteiger partial charge in [0, 0.05) is 25.2 Å². The van der Waals surface area contributed by atoms with Crippen LogP contribution in [-0.4, -0.2) is 49.7 Å². The number of benzene rings is 1. The molecule has 2 amide bonds. The lowest BCUT2D eigenvalue weighted by molar-refractivity contribution is -0.394. The molecule has 0 aromatic heterocycles. The summed E-state index contributed by atoms with van der Waals surface area (Å²) in [5.41, 5.74) is -1.32. The topological polar surface area (TPSA) is 136 Å². The lowest BCUT2D eigenvalue weighted by Gasteiger charge is -2.15. The molecule has 1 saturated heterocycles. The number of amides is 2. The Bertz CT molecular complexity index is 705. The first-order chi connectivity index (χ1) is 11.3. The summed E-state index contributed by atoms with van der Waals surface area (Å²) in [4.78, 5) is 44.9. The molecule has 1 heterocycles. The third-order valence-corrected chi connectivity index (χ3v) is 4.48. The van der Waals surface area contributed by atoms with E-state index in [1.165, 1.54) is 16.7 Å². The molecule has 0 saturated carbocycles. The summed E-state index contributed by atoms with van der Waals surface area (Å²) >= 11 is 6.21. The van der Waals surface area contributed by atoms with Crippen LogP contribution in [0.1, 0.15) is 10.4 Å². The third-order valence-electron chi connectivity index (χ3n) is 3.05. The molecule has 10 nitrogen and oxygen atoms in total. The van der Waals surface area contributed by atoms with Gasteiger partial charge in [0.1, 0.15) is 4.32 Å². The molecule has 126 valence electrons. The predicted octanol–water partition coefficient (Wildman–Crippen LogP) is 1.09. The average Bonchev–Trinajstić information content (AvgIpc) is 2.86. The van der Waals surface area contributed by atoms with E-state index >= 15 is 0 Å². The van der Waals surface area contributed by atoms with Gasteiger partial charge in [-0.1, -0.05) is 24.0 Å². The van der Waals surface area contributed by atoms with Gasteiger partial charge in [-0.3, -0.25) is 34.7 Å². The van der Waals surface area contributed by atoms with E-state index in [4.69, 9.17) is 12.2 Å². The van der Waals surface area contributed by atoms with Crippen LogP contribution in [0.15, 0.2) is 18.2 Å². The minimum absolute atomic E-state index is 0.0573. The van der Waals surface area contributed by atoms with E-state index in [2.05, 4.69) is 5.32 Å². The molecular formula is C12H10N4O6S2. The smallest absolute Gasteiger partial charge is 0.277 e. The standard InChI is InChI=1S/C12H10N4O6S2/c17-10-6-24-12(23)14(10)2-1-13-11(18)7-3-8(15(19)20)5-9(4-7)16(21)22/h3-5H,1-2,6H2,(H,13,18). The molecule has 0 aliphatic carbocycles. The summed E-state index contributed by atoms with van der Waals surface area (Å²) in [5, 5.41) is 24.1. The van der Waals surface area contributed by atoms with E-state index in [0.717, 1.165) is 18.2 Å². The molecule has 0 atom stereocenters. The van der Waals surface area contributed by atoms with E-state index < -0.39 is 27.1 Å². The number of carbonyl (C=O) groups excluding carboxylic acids is 2. The van der Waals surface area contributed by atoms with Gasteiger partial charge in [-0.25, -0.2) is 0 Å². The zero-order valence-corrected chi connectivity index (χ0v) is 13.6. The van der Waals surface area contributed by atoms with E-state index in [1.54, 1.807) is 0 Å². The number of thioether (sulfide) groups is 1. The molecular weight excluding hydrogens is 360 g/mol. The lowest BCUT2D eigenvalue weighted by atomic mass is 10.1. The highest BCUT2D eigenvalue weighted by Gasteiger charge is 2.26. The van der Waals surface area contributed by atoms with Gasteiger partial charge in [0.05, 0.1) is 27.2 Å². The highest BCUT2D eigenvalue weighted by Crippen LogP contribution is 2.22. The molecule has 12 heteroatoms. The molecule has 1 N–H and O–H groups in total. The molecule has 1 aromatic carbocycles. The number of rotatable bonds is 6. The number of hydrogen-bond donors (Lipinski definition) is 1. The molecule has 0 bridgehead atoms. The molecule has 0 spiro atoms. The summed E-state index contributed by atoms with van der Waals surface area (Å²) in [6.45, 7) is 0.217. The number of nitrogens with zero attached hydrogens (tertiary/aromatic N) is 3. The van der Waals surface area contributed by atoms with E-state index in [9.17, 15) is 29.8 Å². The number of nitro groups is 2. The number of non-ortho nitro benzene ring substituents is 2. The number of thiocarbonyl (C=S) groups is 1. The highest BCUT2D eigenvalue weighted by molar-refractivity contribution is 8.23. The maximum atomic E-state index is 12.0. The van der Waals surface area contributed by atoms with Gasteiger partial charge < -0.3 is 5.32 Å². The van der Waals surface area contributed by atoms with Crippen molar-refractivity contribution in [2.75, 3.05) is 18.8 Å². The Labute approximate surface area is 144 Å². The SMILES string of the molecule is O=C(NCCN1C(=O)CSC1=S)c1cc([N+](=O)[O-])cc([N+](=O)[O-])c1. The van der Waals surface area contributed by atoms with Crippen LogP contribution in [0.4, 0.5) is 11.4 Å². The summed E-state index contributed by atoms with van der Waals surface area (Å²) < 4.78 is 0.417. The van der Waals surface area contributed by atoms with Crippen LogP contribution in [0.3, 0.4) is 0 Å². The Morgan fingerprint density at radius 3 is 2.29 bits per heavy atom. The Kier molecular flexibility index (Phi) is 5.41. The summed E-state index contributed by atoms with van der Waals surface area (Å²) in [6, 6.07) is 2.67. The van der Waals surface area contributed by atoms with Gasteiger partial charge in [-0.2, -0.15) is 0 Å². The summed E-state index contributed by atoms with van der Waals surface area (Å²) in [5.74, 6) is -0.624. The highest BCUT2D eigenvalue weighted by atomic mass is 32.2. The average molecular weight is 370 g/mol. The fraction of sp³-hybridized carbons (Fsp3) is 0.250. The Balaban J connectivity index is 2.06. The van der Waals surface area contributed by atoms with Crippen LogP contribution >= 0.6 is 24.0 Å². The van der Waals surface area contributed by atoms with Crippen molar-refractivity contribution in [3.63, 3.8) is 0 Å². The van der Waals surface area contributed by atoms with Crippen molar-refractivity contribution in [1.29, 1.82) is 0 Å². The van der Waals surface area contributed by atoms with Crippen LogP contribution in [0.25, 0.3) is 0 Å². The second kappa shape index (κ2) is 7.31. The van der Waals surface area contributed by atoms with Gasteiger partial charge >= 0.3 is 0 Å². The lowest BCUT2D eigenvalue weighted by Crippen LogP contribution is -2.37. The van der Waals surface area contributed by atoms with Gasteiger partial charge in [-0.05, 0) is 0 Å². The van der Waals surface area contributed by atoms with Crippen molar-refractivity contribution in [2.24, 2.45) is 0 Å². The van der Waals surface area contributed by atoms with Crippen LogP contribution in [-0.2, 0) is 4.79 Å². The van der Waals surface area contributed by atoms with Gasteiger partial charge in [0.15, 0.2) is 0 Å². The number of hydrogen-bond acceptors (Lipinski definition) is 8. The minimum atomic E-state index is -0.817. The van der Waals surface area contributed by atoms with Gasteiger partial charge in [0.2, 0.25) is 5.91 Å². The number of carbonyl (C=O) groups is 2. The van der Waals surface area contributed by atoms with Crippen molar-refractivity contribution in [2.45, 2.75) is 0 Å². The van der Waals surface area contributed by atoms with E-state index in [1.807, 2.05) is 0 Å². The maximum Gasteiger partial charge on any atom is 0.277 e. The summed E-state index contributed by atoms with van der Waals surface area (Å²) in [7, 11) is 0. The predicted molar refractivity (Wildman–Crippen MR) is 88.9 cm³/mol. The summed E-state index contributed by atoms with van der Waals surface area (Å²) in [6.07, 6.45) is 0.